The Hall–Kier alpha value is -2.44. The largest absolute Gasteiger partial charge is 0.444 e. The molecule has 1 atom stereocenters. The van der Waals surface area contributed by atoms with E-state index in [-0.39, 0.29) is 11.9 Å². The number of rotatable bonds is 2. The molecule has 1 aliphatic heterocycles. The van der Waals surface area contributed by atoms with Crippen molar-refractivity contribution in [3.8, 4) is 11.4 Å². The van der Waals surface area contributed by atoms with Crippen molar-refractivity contribution in [1.82, 2.24) is 15.0 Å². The number of halogens is 1. The molecule has 7 heteroatoms. The van der Waals surface area contributed by atoms with E-state index in [1.54, 1.807) is 24.0 Å². The molecule has 25 heavy (non-hydrogen) atoms. The third kappa shape index (κ3) is 3.65. The topological polar surface area (TPSA) is 68.5 Å². The smallest absolute Gasteiger partial charge is 0.410 e. The lowest BCUT2D eigenvalue weighted by Crippen LogP contribution is -2.36. The summed E-state index contributed by atoms with van der Waals surface area (Å²) >= 11 is 0. The Morgan fingerprint density at radius 1 is 1.40 bits per heavy atom. The van der Waals surface area contributed by atoms with Gasteiger partial charge < -0.3 is 9.26 Å². The fourth-order valence-electron chi connectivity index (χ4n) is 2.89. The zero-order valence-corrected chi connectivity index (χ0v) is 14.9. The van der Waals surface area contributed by atoms with Gasteiger partial charge >= 0.3 is 6.09 Å². The zero-order chi connectivity index (χ0) is 18.2. The number of aromatic nitrogens is 2. The molecule has 134 valence electrons. The Kier molecular flexibility index (Phi) is 4.49. The molecular formula is C18H22FN3O3. The lowest BCUT2D eigenvalue weighted by molar-refractivity contribution is 0.0199. The number of carbonyl (C=O) groups is 1. The normalized spacial score (nSPS) is 17.8. The average Bonchev–Trinajstić information content (AvgIpc) is 3.16. The number of likely N-dealkylation sites (tertiary alicyclic amines) is 1. The van der Waals surface area contributed by atoms with Crippen molar-refractivity contribution in [2.24, 2.45) is 0 Å². The number of nitrogens with zero attached hydrogens (tertiary/aromatic N) is 3. The number of hydrogen-bond donors (Lipinski definition) is 0. The minimum atomic E-state index is -0.567. The quantitative estimate of drug-likeness (QED) is 0.812. The van der Waals surface area contributed by atoms with Crippen LogP contribution in [0.3, 0.4) is 0 Å². The summed E-state index contributed by atoms with van der Waals surface area (Å²) in [6.45, 7) is 7.73. The molecule has 0 unspecified atom stereocenters. The molecule has 1 fully saturated rings. The SMILES string of the molecule is Cc1c(F)cccc1-c1noc([C@@H]2CCCN2C(=O)OC(C)(C)C)n1. The van der Waals surface area contributed by atoms with Gasteiger partial charge in [-0.05, 0) is 52.2 Å². The zero-order valence-electron chi connectivity index (χ0n) is 14.9. The standard InChI is InChI=1S/C18H22FN3O3/c1-11-12(7-5-8-13(11)19)15-20-16(25-21-15)14-9-6-10-22(14)17(23)24-18(2,3)4/h5,7-8,14H,6,9-10H2,1-4H3/t14-/m0/s1. The van der Waals surface area contributed by atoms with E-state index in [1.165, 1.54) is 6.07 Å². The fraction of sp³-hybridized carbons (Fsp3) is 0.500. The minimum Gasteiger partial charge on any atom is -0.444 e. The predicted molar refractivity (Wildman–Crippen MR) is 89.3 cm³/mol. The first kappa shape index (κ1) is 17.4. The first-order chi connectivity index (χ1) is 11.8. The first-order valence-corrected chi connectivity index (χ1v) is 8.35. The Morgan fingerprint density at radius 2 is 2.16 bits per heavy atom. The third-order valence-electron chi connectivity index (χ3n) is 4.12. The lowest BCUT2D eigenvalue weighted by Gasteiger charge is -2.26. The summed E-state index contributed by atoms with van der Waals surface area (Å²) in [5.74, 6) is 0.352. The molecule has 6 nitrogen and oxygen atoms in total. The molecule has 0 saturated carbocycles. The van der Waals surface area contributed by atoms with Crippen molar-refractivity contribution >= 4 is 6.09 Å². The van der Waals surface area contributed by atoms with Gasteiger partial charge in [0.15, 0.2) is 0 Å². The lowest BCUT2D eigenvalue weighted by atomic mass is 10.1. The molecule has 0 aliphatic carbocycles. The van der Waals surface area contributed by atoms with Crippen LogP contribution in [0.1, 0.15) is 51.1 Å². The fourth-order valence-corrected chi connectivity index (χ4v) is 2.89. The second kappa shape index (κ2) is 6.46. The third-order valence-corrected chi connectivity index (χ3v) is 4.12. The predicted octanol–water partition coefficient (Wildman–Crippen LogP) is 4.26. The number of hydrogen-bond acceptors (Lipinski definition) is 5. The molecule has 0 spiro atoms. The van der Waals surface area contributed by atoms with E-state index in [2.05, 4.69) is 10.1 Å². The van der Waals surface area contributed by atoms with Gasteiger partial charge in [0.1, 0.15) is 17.5 Å². The second-order valence-electron chi connectivity index (χ2n) is 7.20. The molecule has 2 heterocycles. The van der Waals surface area contributed by atoms with E-state index < -0.39 is 11.7 Å². The van der Waals surface area contributed by atoms with Gasteiger partial charge in [0, 0.05) is 12.1 Å². The van der Waals surface area contributed by atoms with Crippen LogP contribution in [0.5, 0.6) is 0 Å². The van der Waals surface area contributed by atoms with Gasteiger partial charge in [-0.1, -0.05) is 17.3 Å². The van der Waals surface area contributed by atoms with E-state index in [4.69, 9.17) is 9.26 Å². The van der Waals surface area contributed by atoms with Crippen LogP contribution >= 0.6 is 0 Å². The van der Waals surface area contributed by atoms with E-state index in [0.717, 1.165) is 12.8 Å². The summed E-state index contributed by atoms with van der Waals surface area (Å²) in [5, 5.41) is 3.97. The van der Waals surface area contributed by atoms with Gasteiger partial charge in [-0.3, -0.25) is 4.90 Å². The molecule has 0 N–H and O–H groups in total. The molecule has 0 bridgehead atoms. The van der Waals surface area contributed by atoms with Crippen molar-refractivity contribution in [2.75, 3.05) is 6.54 Å². The van der Waals surface area contributed by atoms with Crippen molar-refractivity contribution in [1.29, 1.82) is 0 Å². The molecule has 1 amide bonds. The molecule has 3 rings (SSSR count). The molecule has 2 aromatic rings. The maximum Gasteiger partial charge on any atom is 0.410 e. The van der Waals surface area contributed by atoms with E-state index in [0.29, 0.717) is 29.4 Å². The van der Waals surface area contributed by atoms with Gasteiger partial charge in [0.2, 0.25) is 11.7 Å². The van der Waals surface area contributed by atoms with Gasteiger partial charge in [0.05, 0.1) is 0 Å². The summed E-state index contributed by atoms with van der Waals surface area (Å²) in [4.78, 5) is 18.4. The maximum atomic E-state index is 13.7. The highest BCUT2D eigenvalue weighted by atomic mass is 19.1. The van der Waals surface area contributed by atoms with Crippen LogP contribution < -0.4 is 0 Å². The summed E-state index contributed by atoms with van der Waals surface area (Å²) in [7, 11) is 0. The molecular weight excluding hydrogens is 325 g/mol. The van der Waals surface area contributed by atoms with Crippen LogP contribution in [0.15, 0.2) is 22.7 Å². The van der Waals surface area contributed by atoms with Crippen LogP contribution in [0, 0.1) is 12.7 Å². The monoisotopic (exact) mass is 347 g/mol. The number of ether oxygens (including phenoxy) is 1. The summed E-state index contributed by atoms with van der Waals surface area (Å²) in [6.07, 6.45) is 1.17. The summed E-state index contributed by atoms with van der Waals surface area (Å²) < 4.78 is 24.6. The van der Waals surface area contributed by atoms with Crippen molar-refractivity contribution in [2.45, 2.75) is 52.2 Å². The van der Waals surface area contributed by atoms with Crippen LogP contribution in [-0.2, 0) is 4.74 Å². The second-order valence-corrected chi connectivity index (χ2v) is 7.20. The maximum absolute atomic E-state index is 13.7. The Balaban J connectivity index is 1.84. The van der Waals surface area contributed by atoms with Gasteiger partial charge in [-0.2, -0.15) is 4.98 Å². The molecule has 1 aliphatic rings. The highest BCUT2D eigenvalue weighted by molar-refractivity contribution is 5.69. The average molecular weight is 347 g/mol. The van der Waals surface area contributed by atoms with Gasteiger partial charge in [-0.25, -0.2) is 9.18 Å². The molecule has 1 aromatic heterocycles. The van der Waals surface area contributed by atoms with Crippen molar-refractivity contribution < 1.29 is 18.4 Å². The van der Waals surface area contributed by atoms with Crippen LogP contribution in [0.4, 0.5) is 9.18 Å². The number of carbonyl (C=O) groups excluding carboxylic acids is 1. The van der Waals surface area contributed by atoms with E-state index in [1.807, 2.05) is 20.8 Å². The van der Waals surface area contributed by atoms with Gasteiger partial charge in [0.25, 0.3) is 0 Å². The number of benzene rings is 1. The van der Waals surface area contributed by atoms with Crippen LogP contribution in [0.25, 0.3) is 11.4 Å². The molecule has 0 radical (unpaired) electrons. The van der Waals surface area contributed by atoms with Crippen molar-refractivity contribution in [3.63, 3.8) is 0 Å². The summed E-state index contributed by atoms with van der Waals surface area (Å²) in [6, 6.07) is 4.43. The number of amides is 1. The highest BCUT2D eigenvalue weighted by Crippen LogP contribution is 2.33. The van der Waals surface area contributed by atoms with Crippen LogP contribution in [-0.4, -0.2) is 33.3 Å². The van der Waals surface area contributed by atoms with Crippen molar-refractivity contribution in [3.05, 3.63) is 35.5 Å². The minimum absolute atomic E-state index is 0.315. The Labute approximate surface area is 146 Å². The Bertz CT molecular complexity index is 782. The van der Waals surface area contributed by atoms with E-state index in [9.17, 15) is 9.18 Å². The molecule has 1 aromatic carbocycles. The Morgan fingerprint density at radius 3 is 2.88 bits per heavy atom. The van der Waals surface area contributed by atoms with E-state index >= 15 is 0 Å². The van der Waals surface area contributed by atoms with Gasteiger partial charge in [-0.15, -0.1) is 0 Å². The highest BCUT2D eigenvalue weighted by Gasteiger charge is 2.36. The summed E-state index contributed by atoms with van der Waals surface area (Å²) in [5.41, 5.74) is 0.477. The van der Waals surface area contributed by atoms with Crippen LogP contribution in [0.2, 0.25) is 0 Å². The first-order valence-electron chi connectivity index (χ1n) is 8.35. The molecule has 1 saturated heterocycles.